The predicted molar refractivity (Wildman–Crippen MR) is 54.1 cm³/mol. The summed E-state index contributed by atoms with van der Waals surface area (Å²) in [7, 11) is 0. The summed E-state index contributed by atoms with van der Waals surface area (Å²) in [5, 5.41) is 9.15. The van der Waals surface area contributed by atoms with Gasteiger partial charge in [0.1, 0.15) is 0 Å². The largest absolute Gasteiger partial charge is 0.481 e. The van der Waals surface area contributed by atoms with E-state index >= 15 is 0 Å². The average Bonchev–Trinajstić information content (AvgIpc) is 2.31. The number of carboxylic acid groups (broad SMARTS) is 1. The minimum atomic E-state index is -0.646. The minimum Gasteiger partial charge on any atom is -0.481 e. The molecule has 1 N–H and O–H groups in total. The highest BCUT2D eigenvalue weighted by Crippen LogP contribution is 2.29. The maximum atomic E-state index is 11.1. The summed E-state index contributed by atoms with van der Waals surface area (Å²) in [4.78, 5) is 11.1. The van der Waals surface area contributed by atoms with Gasteiger partial charge in [0.05, 0.1) is 5.92 Å². The van der Waals surface area contributed by atoms with E-state index < -0.39 is 5.97 Å². The topological polar surface area (TPSA) is 46.5 Å². The van der Waals surface area contributed by atoms with Crippen LogP contribution in [0.2, 0.25) is 0 Å². The van der Waals surface area contributed by atoms with Crippen molar-refractivity contribution in [2.75, 3.05) is 13.2 Å². The van der Waals surface area contributed by atoms with Crippen LogP contribution in [-0.2, 0) is 9.53 Å². The van der Waals surface area contributed by atoms with E-state index in [1.165, 1.54) is 0 Å². The summed E-state index contributed by atoms with van der Waals surface area (Å²) in [6.07, 6.45) is 2.89. The fraction of sp³-hybridized carbons (Fsp3) is 0.909. The molecular formula is C11H20O3. The average molecular weight is 200 g/mol. The molecule has 0 bridgehead atoms. The monoisotopic (exact) mass is 200 g/mol. The standard InChI is InChI=1S/C11H20O3/c1-8(2)10(11(12)13)9-4-3-6-14-7-5-9/h8-10H,3-7H2,1-2H3,(H,12,13). The van der Waals surface area contributed by atoms with Crippen LogP contribution in [0.4, 0.5) is 0 Å². The number of aliphatic carboxylic acids is 1. The van der Waals surface area contributed by atoms with Crippen LogP contribution in [0, 0.1) is 17.8 Å². The summed E-state index contributed by atoms with van der Waals surface area (Å²) in [6, 6.07) is 0. The number of rotatable bonds is 3. The molecule has 1 fully saturated rings. The molecule has 1 rings (SSSR count). The van der Waals surface area contributed by atoms with Crippen molar-refractivity contribution in [2.45, 2.75) is 33.1 Å². The number of ether oxygens (including phenoxy) is 1. The number of hydrogen-bond acceptors (Lipinski definition) is 2. The molecule has 82 valence electrons. The second-order valence-electron chi connectivity index (χ2n) is 4.41. The van der Waals surface area contributed by atoms with E-state index in [-0.39, 0.29) is 11.8 Å². The van der Waals surface area contributed by atoms with Crippen LogP contribution in [0.25, 0.3) is 0 Å². The number of carboxylic acids is 1. The van der Waals surface area contributed by atoms with Crippen LogP contribution in [0.3, 0.4) is 0 Å². The number of carbonyl (C=O) groups is 1. The molecule has 0 aromatic heterocycles. The third-order valence-electron chi connectivity index (χ3n) is 3.01. The van der Waals surface area contributed by atoms with Crippen LogP contribution in [0.1, 0.15) is 33.1 Å². The van der Waals surface area contributed by atoms with E-state index in [0.29, 0.717) is 5.92 Å². The zero-order valence-electron chi connectivity index (χ0n) is 9.03. The molecule has 2 atom stereocenters. The molecule has 3 heteroatoms. The van der Waals surface area contributed by atoms with Gasteiger partial charge in [0.25, 0.3) is 0 Å². The van der Waals surface area contributed by atoms with Crippen molar-refractivity contribution in [1.29, 1.82) is 0 Å². The molecule has 0 amide bonds. The molecule has 1 aliphatic rings. The molecular weight excluding hydrogens is 180 g/mol. The first kappa shape index (κ1) is 11.5. The van der Waals surface area contributed by atoms with Gasteiger partial charge in [-0.1, -0.05) is 13.8 Å². The van der Waals surface area contributed by atoms with Gasteiger partial charge in [-0.05, 0) is 31.1 Å². The first-order valence-electron chi connectivity index (χ1n) is 5.43. The maximum Gasteiger partial charge on any atom is 0.307 e. The Morgan fingerprint density at radius 1 is 1.36 bits per heavy atom. The van der Waals surface area contributed by atoms with Crippen LogP contribution in [-0.4, -0.2) is 24.3 Å². The van der Waals surface area contributed by atoms with E-state index in [4.69, 9.17) is 9.84 Å². The van der Waals surface area contributed by atoms with Crippen LogP contribution in [0.5, 0.6) is 0 Å². The first-order chi connectivity index (χ1) is 6.63. The molecule has 1 saturated heterocycles. The van der Waals surface area contributed by atoms with Gasteiger partial charge < -0.3 is 9.84 Å². The molecule has 1 aliphatic heterocycles. The Kier molecular flexibility index (Phi) is 4.39. The quantitative estimate of drug-likeness (QED) is 0.759. The Bertz CT molecular complexity index is 181. The minimum absolute atomic E-state index is 0.198. The van der Waals surface area contributed by atoms with Crippen molar-refractivity contribution >= 4 is 5.97 Å². The molecule has 0 radical (unpaired) electrons. The Labute approximate surface area is 85.5 Å². The van der Waals surface area contributed by atoms with E-state index in [1.807, 2.05) is 13.8 Å². The fourth-order valence-corrected chi connectivity index (χ4v) is 2.32. The molecule has 0 spiro atoms. The highest BCUT2D eigenvalue weighted by atomic mass is 16.5. The Morgan fingerprint density at radius 3 is 2.64 bits per heavy atom. The van der Waals surface area contributed by atoms with Crippen molar-refractivity contribution < 1.29 is 14.6 Å². The predicted octanol–water partition coefficient (Wildman–Crippen LogP) is 2.16. The fourth-order valence-electron chi connectivity index (χ4n) is 2.32. The zero-order valence-corrected chi connectivity index (χ0v) is 9.03. The van der Waals surface area contributed by atoms with Gasteiger partial charge in [-0.2, -0.15) is 0 Å². The summed E-state index contributed by atoms with van der Waals surface area (Å²) >= 11 is 0. The number of hydrogen-bond donors (Lipinski definition) is 1. The smallest absolute Gasteiger partial charge is 0.307 e. The van der Waals surface area contributed by atoms with E-state index in [1.54, 1.807) is 0 Å². The Hall–Kier alpha value is -0.570. The third kappa shape index (κ3) is 2.98. The molecule has 14 heavy (non-hydrogen) atoms. The normalized spacial score (nSPS) is 25.8. The summed E-state index contributed by atoms with van der Waals surface area (Å²) in [5.41, 5.74) is 0. The van der Waals surface area contributed by atoms with E-state index in [9.17, 15) is 4.79 Å². The second-order valence-corrected chi connectivity index (χ2v) is 4.41. The second kappa shape index (κ2) is 5.35. The van der Waals surface area contributed by atoms with E-state index in [0.717, 1.165) is 32.5 Å². The lowest BCUT2D eigenvalue weighted by Crippen LogP contribution is -2.28. The molecule has 0 aromatic rings. The first-order valence-corrected chi connectivity index (χ1v) is 5.43. The van der Waals surface area contributed by atoms with Gasteiger partial charge in [-0.25, -0.2) is 0 Å². The lowest BCUT2D eigenvalue weighted by atomic mass is 9.79. The summed E-state index contributed by atoms with van der Waals surface area (Å²) in [6.45, 7) is 5.50. The van der Waals surface area contributed by atoms with Crippen molar-refractivity contribution in [1.82, 2.24) is 0 Å². The van der Waals surface area contributed by atoms with Crippen LogP contribution < -0.4 is 0 Å². The van der Waals surface area contributed by atoms with Gasteiger partial charge in [0.15, 0.2) is 0 Å². The molecule has 0 aromatic carbocycles. The molecule has 0 saturated carbocycles. The molecule has 1 heterocycles. The SMILES string of the molecule is CC(C)C(C(=O)O)C1CCCOCC1. The van der Waals surface area contributed by atoms with Crippen molar-refractivity contribution in [3.63, 3.8) is 0 Å². The summed E-state index contributed by atoms with van der Waals surface area (Å²) in [5.74, 6) is -0.325. The summed E-state index contributed by atoms with van der Waals surface area (Å²) < 4.78 is 5.34. The van der Waals surface area contributed by atoms with Crippen molar-refractivity contribution in [3.05, 3.63) is 0 Å². The van der Waals surface area contributed by atoms with Crippen molar-refractivity contribution in [2.24, 2.45) is 17.8 Å². The molecule has 2 unspecified atom stereocenters. The van der Waals surface area contributed by atoms with E-state index in [2.05, 4.69) is 0 Å². The maximum absolute atomic E-state index is 11.1. The Balaban J connectivity index is 2.60. The lowest BCUT2D eigenvalue weighted by molar-refractivity contribution is -0.145. The highest BCUT2D eigenvalue weighted by molar-refractivity contribution is 5.70. The van der Waals surface area contributed by atoms with Crippen molar-refractivity contribution in [3.8, 4) is 0 Å². The van der Waals surface area contributed by atoms with Gasteiger partial charge in [0, 0.05) is 13.2 Å². The van der Waals surface area contributed by atoms with Crippen LogP contribution in [0.15, 0.2) is 0 Å². The van der Waals surface area contributed by atoms with Gasteiger partial charge >= 0.3 is 5.97 Å². The molecule has 3 nitrogen and oxygen atoms in total. The lowest BCUT2D eigenvalue weighted by Gasteiger charge is -2.25. The Morgan fingerprint density at radius 2 is 2.07 bits per heavy atom. The van der Waals surface area contributed by atoms with Gasteiger partial charge in [-0.3, -0.25) is 4.79 Å². The van der Waals surface area contributed by atoms with Gasteiger partial charge in [0.2, 0.25) is 0 Å². The van der Waals surface area contributed by atoms with Crippen LogP contribution >= 0.6 is 0 Å². The zero-order chi connectivity index (χ0) is 10.6. The highest BCUT2D eigenvalue weighted by Gasteiger charge is 2.31. The third-order valence-corrected chi connectivity index (χ3v) is 3.01. The molecule has 0 aliphatic carbocycles. The van der Waals surface area contributed by atoms with Gasteiger partial charge in [-0.15, -0.1) is 0 Å².